The minimum atomic E-state index is 0.991. The summed E-state index contributed by atoms with van der Waals surface area (Å²) in [5, 5.41) is 0. The van der Waals surface area contributed by atoms with Gasteiger partial charge in [0.05, 0.1) is 5.69 Å². The monoisotopic (exact) mass is 187 g/mol. The van der Waals surface area contributed by atoms with Gasteiger partial charge in [-0.05, 0) is 30.5 Å². The van der Waals surface area contributed by atoms with E-state index in [0.29, 0.717) is 0 Å². The third-order valence-corrected chi connectivity index (χ3v) is 2.08. The van der Waals surface area contributed by atoms with Crippen LogP contribution in [0.15, 0.2) is 41.9 Å². The highest BCUT2D eigenvalue weighted by molar-refractivity contribution is 5.73. The highest BCUT2D eigenvalue weighted by Gasteiger charge is 1.92. The lowest BCUT2D eigenvalue weighted by Crippen LogP contribution is -1.82. The average molecular weight is 187 g/mol. The molecule has 0 heterocycles. The smallest absolute Gasteiger partial charge is 0.0629 e. The first kappa shape index (κ1) is 10.7. The Hall–Kier alpha value is -1.37. The van der Waals surface area contributed by atoms with E-state index in [1.54, 1.807) is 12.3 Å². The maximum atomic E-state index is 4.20. The van der Waals surface area contributed by atoms with Gasteiger partial charge in [0.25, 0.3) is 0 Å². The lowest BCUT2D eigenvalue weighted by Gasteiger charge is -1.99. The molecule has 0 atom stereocenters. The van der Waals surface area contributed by atoms with Gasteiger partial charge in [0.1, 0.15) is 0 Å². The summed E-state index contributed by atoms with van der Waals surface area (Å²) in [6.07, 6.45) is 7.07. The summed E-state index contributed by atoms with van der Waals surface area (Å²) in [4.78, 5) is 4.20. The molecule has 1 rings (SSSR count). The van der Waals surface area contributed by atoms with Crippen LogP contribution in [0, 0.1) is 0 Å². The quantitative estimate of drug-likeness (QED) is 0.619. The predicted octanol–water partition coefficient (Wildman–Crippen LogP) is 3.92. The first-order chi connectivity index (χ1) is 6.86. The van der Waals surface area contributed by atoms with Crippen molar-refractivity contribution in [2.75, 3.05) is 0 Å². The van der Waals surface area contributed by atoms with Gasteiger partial charge < -0.3 is 0 Å². The number of allylic oxidation sites excluding steroid dienone is 1. The Bertz CT molecular complexity index is 296. The molecule has 1 aromatic carbocycles. The van der Waals surface area contributed by atoms with E-state index >= 15 is 0 Å². The molecule has 0 spiro atoms. The second-order valence-corrected chi connectivity index (χ2v) is 3.28. The van der Waals surface area contributed by atoms with Crippen LogP contribution >= 0.6 is 0 Å². The number of rotatable bonds is 5. The van der Waals surface area contributed by atoms with Crippen molar-refractivity contribution >= 4 is 11.9 Å². The van der Waals surface area contributed by atoms with Crippen molar-refractivity contribution < 1.29 is 0 Å². The van der Waals surface area contributed by atoms with Gasteiger partial charge in [0.2, 0.25) is 0 Å². The topological polar surface area (TPSA) is 12.4 Å². The standard InChI is InChI=1S/C13H17N/c1-3-5-6-12-7-9-13(10-8-12)14-11-4-2/h4,7-11H,2-3,5-6H2,1H3. The van der Waals surface area contributed by atoms with Crippen LogP contribution in [0.3, 0.4) is 0 Å². The zero-order chi connectivity index (χ0) is 10.2. The van der Waals surface area contributed by atoms with E-state index in [9.17, 15) is 0 Å². The normalized spacial score (nSPS) is 10.6. The Kier molecular flexibility index (Phi) is 4.70. The van der Waals surface area contributed by atoms with Crippen LogP contribution in [0.5, 0.6) is 0 Å². The number of unbranched alkanes of at least 4 members (excludes halogenated alkanes) is 1. The van der Waals surface area contributed by atoms with E-state index in [0.717, 1.165) is 5.69 Å². The lowest BCUT2D eigenvalue weighted by molar-refractivity contribution is 0.795. The summed E-state index contributed by atoms with van der Waals surface area (Å²) in [6, 6.07) is 8.38. The van der Waals surface area contributed by atoms with E-state index in [1.165, 1.54) is 24.8 Å². The molecule has 0 aliphatic rings. The predicted molar refractivity (Wildman–Crippen MR) is 63.4 cm³/mol. The fraction of sp³-hybridized carbons (Fsp3) is 0.308. The zero-order valence-electron chi connectivity index (χ0n) is 8.74. The summed E-state index contributed by atoms with van der Waals surface area (Å²) in [7, 11) is 0. The fourth-order valence-electron chi connectivity index (χ4n) is 1.27. The molecule has 0 unspecified atom stereocenters. The number of hydrogen-bond acceptors (Lipinski definition) is 1. The highest BCUT2D eigenvalue weighted by atomic mass is 14.7. The summed E-state index contributed by atoms with van der Waals surface area (Å²) in [6.45, 7) is 5.80. The first-order valence-electron chi connectivity index (χ1n) is 5.11. The highest BCUT2D eigenvalue weighted by Crippen LogP contribution is 2.13. The van der Waals surface area contributed by atoms with Crippen molar-refractivity contribution in [2.45, 2.75) is 26.2 Å². The molecule has 0 amide bonds. The molecule has 14 heavy (non-hydrogen) atoms. The fourth-order valence-corrected chi connectivity index (χ4v) is 1.27. The van der Waals surface area contributed by atoms with Crippen molar-refractivity contribution in [3.8, 4) is 0 Å². The third kappa shape index (κ3) is 3.56. The molecule has 0 saturated carbocycles. The minimum Gasteiger partial charge on any atom is -0.257 e. The second kappa shape index (κ2) is 6.14. The van der Waals surface area contributed by atoms with Crippen LogP contribution in [0.4, 0.5) is 5.69 Å². The Morgan fingerprint density at radius 2 is 2.00 bits per heavy atom. The van der Waals surface area contributed by atoms with Gasteiger partial charge in [-0.25, -0.2) is 0 Å². The van der Waals surface area contributed by atoms with Crippen molar-refractivity contribution in [3.63, 3.8) is 0 Å². The van der Waals surface area contributed by atoms with E-state index in [-0.39, 0.29) is 0 Å². The number of aryl methyl sites for hydroxylation is 1. The molecular formula is C13H17N. The summed E-state index contributed by atoms with van der Waals surface area (Å²) in [5.41, 5.74) is 2.38. The molecule has 0 aromatic heterocycles. The van der Waals surface area contributed by atoms with Crippen LogP contribution in [-0.4, -0.2) is 6.21 Å². The van der Waals surface area contributed by atoms with Crippen LogP contribution < -0.4 is 0 Å². The Labute approximate surface area is 86.2 Å². The maximum absolute atomic E-state index is 4.20. The van der Waals surface area contributed by atoms with Gasteiger partial charge in [0.15, 0.2) is 0 Å². The second-order valence-electron chi connectivity index (χ2n) is 3.28. The Balaban J connectivity index is 2.59. The van der Waals surface area contributed by atoms with Gasteiger partial charge in [-0.1, -0.05) is 38.1 Å². The van der Waals surface area contributed by atoms with E-state index in [4.69, 9.17) is 0 Å². The van der Waals surface area contributed by atoms with Crippen LogP contribution in [0.25, 0.3) is 0 Å². The molecule has 0 aliphatic carbocycles. The molecule has 0 radical (unpaired) electrons. The van der Waals surface area contributed by atoms with Crippen molar-refractivity contribution in [3.05, 3.63) is 42.5 Å². The van der Waals surface area contributed by atoms with Gasteiger partial charge in [-0.3, -0.25) is 4.99 Å². The molecule has 0 fully saturated rings. The number of nitrogens with zero attached hydrogens (tertiary/aromatic N) is 1. The third-order valence-electron chi connectivity index (χ3n) is 2.08. The van der Waals surface area contributed by atoms with Gasteiger partial charge in [-0.2, -0.15) is 0 Å². The maximum Gasteiger partial charge on any atom is 0.0629 e. The van der Waals surface area contributed by atoms with E-state index < -0.39 is 0 Å². The summed E-state index contributed by atoms with van der Waals surface area (Å²) < 4.78 is 0. The van der Waals surface area contributed by atoms with Gasteiger partial charge in [0, 0.05) is 6.21 Å². The molecule has 0 bridgehead atoms. The molecule has 1 aromatic rings. The number of aliphatic imine (C=N–C) groups is 1. The Morgan fingerprint density at radius 1 is 1.29 bits per heavy atom. The van der Waals surface area contributed by atoms with Crippen LogP contribution in [0.1, 0.15) is 25.3 Å². The van der Waals surface area contributed by atoms with Crippen molar-refractivity contribution in [2.24, 2.45) is 4.99 Å². The number of benzene rings is 1. The molecular weight excluding hydrogens is 170 g/mol. The van der Waals surface area contributed by atoms with Crippen LogP contribution in [-0.2, 0) is 6.42 Å². The molecule has 0 saturated heterocycles. The first-order valence-corrected chi connectivity index (χ1v) is 5.11. The van der Waals surface area contributed by atoms with Crippen LogP contribution in [0.2, 0.25) is 0 Å². The average Bonchev–Trinajstić information content (AvgIpc) is 2.25. The van der Waals surface area contributed by atoms with E-state index in [2.05, 4.69) is 30.6 Å². The molecule has 1 nitrogen and oxygen atoms in total. The molecule has 1 heteroatoms. The molecule has 74 valence electrons. The summed E-state index contributed by atoms with van der Waals surface area (Å²) >= 11 is 0. The molecule has 0 N–H and O–H groups in total. The number of hydrogen-bond donors (Lipinski definition) is 0. The Morgan fingerprint density at radius 3 is 2.57 bits per heavy atom. The zero-order valence-corrected chi connectivity index (χ0v) is 8.74. The van der Waals surface area contributed by atoms with Gasteiger partial charge >= 0.3 is 0 Å². The summed E-state index contributed by atoms with van der Waals surface area (Å²) in [5.74, 6) is 0. The SMILES string of the molecule is C=CC=Nc1ccc(CCCC)cc1. The van der Waals surface area contributed by atoms with Gasteiger partial charge in [-0.15, -0.1) is 0 Å². The molecule has 0 aliphatic heterocycles. The van der Waals surface area contributed by atoms with Crippen molar-refractivity contribution in [1.29, 1.82) is 0 Å². The largest absolute Gasteiger partial charge is 0.257 e. The minimum absolute atomic E-state index is 0.991. The van der Waals surface area contributed by atoms with Crippen molar-refractivity contribution in [1.82, 2.24) is 0 Å². The van der Waals surface area contributed by atoms with E-state index in [1.807, 2.05) is 12.1 Å². The lowest BCUT2D eigenvalue weighted by atomic mass is 10.1.